The van der Waals surface area contributed by atoms with Crippen LogP contribution in [0, 0.1) is 0 Å². The standard InChI is InChI=1S/C14H30N2/c1-4-8-13(2)16(3)12-7-11-15-14-9-5-6-10-14/h13-15H,4-12H2,1-3H3. The Morgan fingerprint density at radius 1 is 1.31 bits per heavy atom. The Labute approximate surface area is 102 Å². The van der Waals surface area contributed by atoms with Gasteiger partial charge in [-0.05, 0) is 52.7 Å². The van der Waals surface area contributed by atoms with E-state index in [4.69, 9.17) is 0 Å². The summed E-state index contributed by atoms with van der Waals surface area (Å²) in [6, 6.07) is 1.58. The van der Waals surface area contributed by atoms with E-state index in [-0.39, 0.29) is 0 Å². The van der Waals surface area contributed by atoms with E-state index in [1.165, 1.54) is 58.0 Å². The minimum atomic E-state index is 0.747. The van der Waals surface area contributed by atoms with Crippen LogP contribution in [-0.4, -0.2) is 37.1 Å². The Morgan fingerprint density at radius 3 is 2.62 bits per heavy atom. The number of hydrogen-bond acceptors (Lipinski definition) is 2. The smallest absolute Gasteiger partial charge is 0.00670 e. The highest BCUT2D eigenvalue weighted by Crippen LogP contribution is 2.17. The fourth-order valence-corrected chi connectivity index (χ4v) is 2.62. The van der Waals surface area contributed by atoms with Crippen molar-refractivity contribution in [3.05, 3.63) is 0 Å². The topological polar surface area (TPSA) is 15.3 Å². The molecule has 1 saturated carbocycles. The fraction of sp³-hybridized carbons (Fsp3) is 1.00. The van der Waals surface area contributed by atoms with Gasteiger partial charge in [0.2, 0.25) is 0 Å². The lowest BCUT2D eigenvalue weighted by Crippen LogP contribution is -2.33. The summed E-state index contributed by atoms with van der Waals surface area (Å²) in [5.74, 6) is 0. The van der Waals surface area contributed by atoms with Crippen LogP contribution in [0.4, 0.5) is 0 Å². The first-order valence-corrected chi connectivity index (χ1v) is 7.17. The molecule has 1 aliphatic rings. The third-order valence-corrected chi connectivity index (χ3v) is 3.93. The average molecular weight is 226 g/mol. The molecule has 1 fully saturated rings. The minimum absolute atomic E-state index is 0.747. The second-order valence-corrected chi connectivity index (χ2v) is 5.41. The molecule has 0 amide bonds. The molecular weight excluding hydrogens is 196 g/mol. The van der Waals surface area contributed by atoms with Crippen molar-refractivity contribution in [1.82, 2.24) is 10.2 Å². The maximum Gasteiger partial charge on any atom is 0.00670 e. The van der Waals surface area contributed by atoms with Gasteiger partial charge < -0.3 is 10.2 Å². The third kappa shape index (κ3) is 5.31. The Bertz CT molecular complexity index is 164. The molecule has 0 aliphatic heterocycles. The molecule has 0 radical (unpaired) electrons. The Morgan fingerprint density at radius 2 is 2.00 bits per heavy atom. The van der Waals surface area contributed by atoms with E-state index < -0.39 is 0 Å². The molecule has 16 heavy (non-hydrogen) atoms. The van der Waals surface area contributed by atoms with Gasteiger partial charge in [0.1, 0.15) is 0 Å². The number of nitrogens with zero attached hydrogens (tertiary/aromatic N) is 1. The lowest BCUT2D eigenvalue weighted by molar-refractivity contribution is 0.240. The van der Waals surface area contributed by atoms with Crippen molar-refractivity contribution in [2.24, 2.45) is 0 Å². The van der Waals surface area contributed by atoms with Crippen LogP contribution >= 0.6 is 0 Å². The largest absolute Gasteiger partial charge is 0.314 e. The lowest BCUT2D eigenvalue weighted by Gasteiger charge is -2.24. The van der Waals surface area contributed by atoms with Crippen LogP contribution in [0.2, 0.25) is 0 Å². The first-order valence-electron chi connectivity index (χ1n) is 7.17. The number of hydrogen-bond donors (Lipinski definition) is 1. The van der Waals surface area contributed by atoms with Crippen LogP contribution in [0.1, 0.15) is 58.8 Å². The van der Waals surface area contributed by atoms with Crippen LogP contribution in [0.25, 0.3) is 0 Å². The second kappa shape index (κ2) is 8.08. The summed E-state index contributed by atoms with van der Waals surface area (Å²) in [7, 11) is 2.26. The van der Waals surface area contributed by atoms with Crippen molar-refractivity contribution in [2.45, 2.75) is 70.9 Å². The second-order valence-electron chi connectivity index (χ2n) is 5.41. The summed E-state index contributed by atoms with van der Waals surface area (Å²) in [5.41, 5.74) is 0. The van der Waals surface area contributed by atoms with Gasteiger partial charge in [0, 0.05) is 12.1 Å². The van der Waals surface area contributed by atoms with Crippen molar-refractivity contribution >= 4 is 0 Å². The van der Waals surface area contributed by atoms with E-state index in [0.717, 1.165) is 12.1 Å². The summed E-state index contributed by atoms with van der Waals surface area (Å²) in [6.07, 6.45) is 9.60. The van der Waals surface area contributed by atoms with Gasteiger partial charge in [0.15, 0.2) is 0 Å². The van der Waals surface area contributed by atoms with Crippen molar-refractivity contribution in [3.8, 4) is 0 Å². The van der Waals surface area contributed by atoms with Crippen molar-refractivity contribution in [3.63, 3.8) is 0 Å². The van der Waals surface area contributed by atoms with Crippen LogP contribution in [0.5, 0.6) is 0 Å². The first kappa shape index (κ1) is 14.0. The van der Waals surface area contributed by atoms with Gasteiger partial charge in [-0.25, -0.2) is 0 Å². The fourth-order valence-electron chi connectivity index (χ4n) is 2.62. The maximum absolute atomic E-state index is 3.68. The molecule has 2 heteroatoms. The van der Waals surface area contributed by atoms with E-state index >= 15 is 0 Å². The van der Waals surface area contributed by atoms with Crippen LogP contribution in [0.3, 0.4) is 0 Å². The average Bonchev–Trinajstić information content (AvgIpc) is 2.77. The van der Waals surface area contributed by atoms with E-state index in [2.05, 4.69) is 31.1 Å². The SMILES string of the molecule is CCCC(C)N(C)CCCNC1CCCC1. The van der Waals surface area contributed by atoms with Gasteiger partial charge in [-0.15, -0.1) is 0 Å². The molecule has 0 heterocycles. The zero-order chi connectivity index (χ0) is 11.8. The molecule has 0 aromatic carbocycles. The predicted octanol–water partition coefficient (Wildman–Crippen LogP) is 3.03. The quantitative estimate of drug-likeness (QED) is 0.640. The van der Waals surface area contributed by atoms with E-state index in [1.807, 2.05) is 0 Å². The highest BCUT2D eigenvalue weighted by Gasteiger charge is 2.13. The molecule has 1 N–H and O–H groups in total. The lowest BCUT2D eigenvalue weighted by atomic mass is 10.1. The van der Waals surface area contributed by atoms with Crippen molar-refractivity contribution < 1.29 is 0 Å². The van der Waals surface area contributed by atoms with Gasteiger partial charge >= 0.3 is 0 Å². The zero-order valence-corrected chi connectivity index (χ0v) is 11.5. The number of nitrogens with one attached hydrogen (secondary N) is 1. The summed E-state index contributed by atoms with van der Waals surface area (Å²) in [4.78, 5) is 2.50. The Kier molecular flexibility index (Phi) is 7.06. The van der Waals surface area contributed by atoms with Crippen LogP contribution in [0.15, 0.2) is 0 Å². The summed E-state index contributed by atoms with van der Waals surface area (Å²) >= 11 is 0. The summed E-state index contributed by atoms with van der Waals surface area (Å²) in [5, 5.41) is 3.68. The normalized spacial score (nSPS) is 19.5. The summed E-state index contributed by atoms with van der Waals surface area (Å²) in [6.45, 7) is 7.05. The third-order valence-electron chi connectivity index (χ3n) is 3.93. The minimum Gasteiger partial charge on any atom is -0.314 e. The van der Waals surface area contributed by atoms with Gasteiger partial charge in [-0.2, -0.15) is 0 Å². The molecule has 1 rings (SSSR count). The van der Waals surface area contributed by atoms with E-state index in [0.29, 0.717) is 0 Å². The van der Waals surface area contributed by atoms with Gasteiger partial charge in [-0.1, -0.05) is 26.2 Å². The highest BCUT2D eigenvalue weighted by molar-refractivity contribution is 4.73. The predicted molar refractivity (Wildman–Crippen MR) is 71.9 cm³/mol. The van der Waals surface area contributed by atoms with Crippen LogP contribution < -0.4 is 5.32 Å². The molecule has 0 bridgehead atoms. The zero-order valence-electron chi connectivity index (χ0n) is 11.5. The van der Waals surface area contributed by atoms with Crippen molar-refractivity contribution in [1.29, 1.82) is 0 Å². The molecule has 0 aromatic rings. The highest BCUT2D eigenvalue weighted by atomic mass is 15.1. The molecule has 96 valence electrons. The van der Waals surface area contributed by atoms with E-state index in [1.54, 1.807) is 0 Å². The Balaban J connectivity index is 1.97. The maximum atomic E-state index is 3.68. The molecule has 0 aromatic heterocycles. The Hall–Kier alpha value is -0.0800. The molecular formula is C14H30N2. The number of rotatable bonds is 8. The molecule has 0 saturated heterocycles. The van der Waals surface area contributed by atoms with Gasteiger partial charge in [0.25, 0.3) is 0 Å². The molecule has 1 unspecified atom stereocenters. The van der Waals surface area contributed by atoms with Gasteiger partial charge in [-0.3, -0.25) is 0 Å². The molecule has 1 aliphatic carbocycles. The van der Waals surface area contributed by atoms with E-state index in [9.17, 15) is 0 Å². The summed E-state index contributed by atoms with van der Waals surface area (Å²) < 4.78 is 0. The molecule has 1 atom stereocenters. The molecule has 0 spiro atoms. The monoisotopic (exact) mass is 226 g/mol. The first-order chi connectivity index (χ1) is 7.74. The van der Waals surface area contributed by atoms with Crippen molar-refractivity contribution in [2.75, 3.05) is 20.1 Å². The molecule has 2 nitrogen and oxygen atoms in total. The van der Waals surface area contributed by atoms with Gasteiger partial charge in [0.05, 0.1) is 0 Å². The van der Waals surface area contributed by atoms with Crippen LogP contribution in [-0.2, 0) is 0 Å².